The molecule has 1 unspecified atom stereocenters. The summed E-state index contributed by atoms with van der Waals surface area (Å²) < 4.78 is 0. The average molecular weight is 222 g/mol. The van der Waals surface area contributed by atoms with E-state index in [1.54, 1.807) is 18.2 Å². The van der Waals surface area contributed by atoms with E-state index in [4.69, 9.17) is 5.73 Å². The number of nitrogens with one attached hydrogen (secondary N) is 1. The highest BCUT2D eigenvalue weighted by Gasteiger charge is 2.29. The third-order valence-corrected chi connectivity index (χ3v) is 2.88. The summed E-state index contributed by atoms with van der Waals surface area (Å²) in [5.74, 6) is 0.00634. The number of hydrogen-bond donors (Lipinski definition) is 3. The Hall–Kier alpha value is -1.55. The molecule has 4 nitrogen and oxygen atoms in total. The van der Waals surface area contributed by atoms with Gasteiger partial charge < -0.3 is 16.2 Å². The van der Waals surface area contributed by atoms with Gasteiger partial charge in [0, 0.05) is 18.3 Å². The summed E-state index contributed by atoms with van der Waals surface area (Å²) in [4.78, 5) is 11.9. The number of anilines is 1. The SMILES string of the molecule is CCC(C)(CN)C(=O)Nc1cccc(O)c1. The summed E-state index contributed by atoms with van der Waals surface area (Å²) in [6, 6.07) is 6.46. The molecule has 16 heavy (non-hydrogen) atoms. The van der Waals surface area contributed by atoms with Gasteiger partial charge in [-0.3, -0.25) is 4.79 Å². The van der Waals surface area contributed by atoms with Crippen molar-refractivity contribution in [3.63, 3.8) is 0 Å². The van der Waals surface area contributed by atoms with Crippen molar-refractivity contribution in [2.45, 2.75) is 20.3 Å². The van der Waals surface area contributed by atoms with Gasteiger partial charge in [0.1, 0.15) is 5.75 Å². The number of benzene rings is 1. The molecular formula is C12H18N2O2. The number of hydrogen-bond acceptors (Lipinski definition) is 3. The highest BCUT2D eigenvalue weighted by molar-refractivity contribution is 5.95. The molecule has 4 heteroatoms. The Balaban J connectivity index is 2.78. The van der Waals surface area contributed by atoms with Crippen LogP contribution in [0.15, 0.2) is 24.3 Å². The Morgan fingerprint density at radius 1 is 1.56 bits per heavy atom. The normalized spacial score (nSPS) is 14.2. The molecule has 1 aromatic carbocycles. The molecule has 0 aromatic heterocycles. The quantitative estimate of drug-likeness (QED) is 0.725. The molecule has 0 radical (unpaired) electrons. The van der Waals surface area contributed by atoms with Gasteiger partial charge in [-0.1, -0.05) is 13.0 Å². The van der Waals surface area contributed by atoms with Crippen molar-refractivity contribution in [1.29, 1.82) is 0 Å². The van der Waals surface area contributed by atoms with Gasteiger partial charge in [-0.05, 0) is 25.5 Å². The van der Waals surface area contributed by atoms with Gasteiger partial charge in [0.2, 0.25) is 5.91 Å². The highest BCUT2D eigenvalue weighted by atomic mass is 16.3. The lowest BCUT2D eigenvalue weighted by Crippen LogP contribution is -2.39. The van der Waals surface area contributed by atoms with E-state index in [-0.39, 0.29) is 11.7 Å². The molecule has 88 valence electrons. The zero-order chi connectivity index (χ0) is 12.2. The number of aromatic hydroxyl groups is 1. The topological polar surface area (TPSA) is 75.4 Å². The maximum absolute atomic E-state index is 11.9. The lowest BCUT2D eigenvalue weighted by atomic mass is 9.86. The molecule has 0 aliphatic carbocycles. The van der Waals surface area contributed by atoms with Crippen LogP contribution in [0.5, 0.6) is 5.75 Å². The summed E-state index contributed by atoms with van der Waals surface area (Å²) in [6.07, 6.45) is 0.675. The number of nitrogens with two attached hydrogens (primary N) is 1. The summed E-state index contributed by atoms with van der Waals surface area (Å²) in [7, 11) is 0. The first kappa shape index (κ1) is 12.5. The number of rotatable bonds is 4. The molecule has 0 saturated heterocycles. The molecule has 4 N–H and O–H groups in total. The molecule has 1 amide bonds. The predicted molar refractivity (Wildman–Crippen MR) is 64.2 cm³/mol. The Bertz CT molecular complexity index is 373. The second-order valence-corrected chi connectivity index (χ2v) is 4.12. The number of phenolic OH excluding ortho intramolecular Hbond substituents is 1. The van der Waals surface area contributed by atoms with Crippen molar-refractivity contribution in [2.75, 3.05) is 11.9 Å². The lowest BCUT2D eigenvalue weighted by molar-refractivity contribution is -0.124. The van der Waals surface area contributed by atoms with Crippen molar-refractivity contribution in [2.24, 2.45) is 11.1 Å². The van der Waals surface area contributed by atoms with Crippen LogP contribution in [0.1, 0.15) is 20.3 Å². The number of carbonyl (C=O) groups is 1. The molecule has 0 fully saturated rings. The highest BCUT2D eigenvalue weighted by Crippen LogP contribution is 2.23. The molecular weight excluding hydrogens is 204 g/mol. The Morgan fingerprint density at radius 3 is 2.75 bits per heavy atom. The maximum atomic E-state index is 11.9. The lowest BCUT2D eigenvalue weighted by Gasteiger charge is -2.24. The zero-order valence-electron chi connectivity index (χ0n) is 9.66. The fraction of sp³-hybridized carbons (Fsp3) is 0.417. The van der Waals surface area contributed by atoms with Gasteiger partial charge in [0.15, 0.2) is 0 Å². The van der Waals surface area contributed by atoms with Crippen molar-refractivity contribution in [3.8, 4) is 5.75 Å². The van der Waals surface area contributed by atoms with Crippen molar-refractivity contribution < 1.29 is 9.90 Å². The molecule has 1 atom stereocenters. The van der Waals surface area contributed by atoms with Gasteiger partial charge in [0.25, 0.3) is 0 Å². The summed E-state index contributed by atoms with van der Waals surface area (Å²) >= 11 is 0. The maximum Gasteiger partial charge on any atom is 0.231 e. The van der Waals surface area contributed by atoms with E-state index < -0.39 is 5.41 Å². The predicted octanol–water partition coefficient (Wildman–Crippen LogP) is 1.71. The molecule has 0 bridgehead atoms. The number of amides is 1. The Morgan fingerprint density at radius 2 is 2.25 bits per heavy atom. The number of phenols is 1. The molecule has 0 heterocycles. The third-order valence-electron chi connectivity index (χ3n) is 2.88. The largest absolute Gasteiger partial charge is 0.508 e. The molecule has 0 saturated carbocycles. The van der Waals surface area contributed by atoms with Crippen molar-refractivity contribution in [1.82, 2.24) is 0 Å². The van der Waals surface area contributed by atoms with Crippen LogP contribution < -0.4 is 11.1 Å². The van der Waals surface area contributed by atoms with E-state index >= 15 is 0 Å². The summed E-state index contributed by atoms with van der Waals surface area (Å²) in [6.45, 7) is 4.05. The first-order chi connectivity index (χ1) is 7.51. The van der Waals surface area contributed by atoms with E-state index in [1.165, 1.54) is 6.07 Å². The van der Waals surface area contributed by atoms with Gasteiger partial charge in [-0.15, -0.1) is 0 Å². The van der Waals surface area contributed by atoms with Gasteiger partial charge in [-0.25, -0.2) is 0 Å². The molecule has 0 aliphatic heterocycles. The van der Waals surface area contributed by atoms with Crippen LogP contribution in [0.25, 0.3) is 0 Å². The standard InChI is InChI=1S/C12H18N2O2/c1-3-12(2,8-13)11(16)14-9-5-4-6-10(15)7-9/h4-7,15H,3,8,13H2,1-2H3,(H,14,16). The third kappa shape index (κ3) is 2.73. The van der Waals surface area contributed by atoms with E-state index in [2.05, 4.69) is 5.32 Å². The fourth-order valence-corrected chi connectivity index (χ4v) is 1.26. The molecule has 1 aromatic rings. The first-order valence-corrected chi connectivity index (χ1v) is 5.32. The number of carbonyl (C=O) groups excluding carboxylic acids is 1. The fourth-order valence-electron chi connectivity index (χ4n) is 1.26. The van der Waals surface area contributed by atoms with Crippen LogP contribution in [0.3, 0.4) is 0 Å². The van der Waals surface area contributed by atoms with E-state index in [0.29, 0.717) is 18.7 Å². The van der Waals surface area contributed by atoms with Crippen LogP contribution in [-0.4, -0.2) is 17.6 Å². The van der Waals surface area contributed by atoms with Crippen LogP contribution in [0.4, 0.5) is 5.69 Å². The van der Waals surface area contributed by atoms with E-state index in [0.717, 1.165) is 0 Å². The zero-order valence-corrected chi connectivity index (χ0v) is 9.66. The monoisotopic (exact) mass is 222 g/mol. The Labute approximate surface area is 95.5 Å². The molecule has 0 spiro atoms. The summed E-state index contributed by atoms with van der Waals surface area (Å²) in [5.41, 5.74) is 5.61. The molecule has 1 rings (SSSR count). The minimum Gasteiger partial charge on any atom is -0.508 e. The van der Waals surface area contributed by atoms with Crippen LogP contribution in [0.2, 0.25) is 0 Å². The first-order valence-electron chi connectivity index (χ1n) is 5.32. The second-order valence-electron chi connectivity index (χ2n) is 4.12. The minimum absolute atomic E-state index is 0.122. The van der Waals surface area contributed by atoms with Crippen LogP contribution >= 0.6 is 0 Å². The van der Waals surface area contributed by atoms with E-state index in [9.17, 15) is 9.90 Å². The van der Waals surface area contributed by atoms with Gasteiger partial charge in [0.05, 0.1) is 5.41 Å². The second kappa shape index (κ2) is 4.99. The van der Waals surface area contributed by atoms with Crippen molar-refractivity contribution in [3.05, 3.63) is 24.3 Å². The van der Waals surface area contributed by atoms with Gasteiger partial charge >= 0.3 is 0 Å². The van der Waals surface area contributed by atoms with Crippen LogP contribution in [-0.2, 0) is 4.79 Å². The van der Waals surface area contributed by atoms with Crippen molar-refractivity contribution >= 4 is 11.6 Å². The smallest absolute Gasteiger partial charge is 0.231 e. The Kier molecular flexibility index (Phi) is 3.90. The van der Waals surface area contributed by atoms with Gasteiger partial charge in [-0.2, -0.15) is 0 Å². The minimum atomic E-state index is -0.564. The van der Waals surface area contributed by atoms with E-state index in [1.807, 2.05) is 13.8 Å². The summed E-state index contributed by atoms with van der Waals surface area (Å²) in [5, 5.41) is 12.0. The molecule has 0 aliphatic rings. The average Bonchev–Trinajstić information content (AvgIpc) is 2.28. The van der Waals surface area contributed by atoms with Crippen LogP contribution in [0, 0.1) is 5.41 Å².